The second-order valence-electron chi connectivity index (χ2n) is 3.65. The van der Waals surface area contributed by atoms with Gasteiger partial charge in [0.1, 0.15) is 11.2 Å². The topological polar surface area (TPSA) is 75.8 Å². The van der Waals surface area contributed by atoms with E-state index in [1.54, 1.807) is 38.1 Å². The predicted octanol–water partition coefficient (Wildman–Crippen LogP) is 0.856. The number of benzene rings is 1. The van der Waals surface area contributed by atoms with Gasteiger partial charge in [0.15, 0.2) is 0 Å². The van der Waals surface area contributed by atoms with Gasteiger partial charge in [-0.15, -0.1) is 4.40 Å². The van der Waals surface area contributed by atoms with E-state index < -0.39 is 10.0 Å². The minimum atomic E-state index is -3.71. The molecule has 0 aromatic heterocycles. The largest absolute Gasteiger partial charge is 0.397 e. The lowest BCUT2D eigenvalue weighted by atomic mass is 10.2. The maximum absolute atomic E-state index is 11.8. The molecule has 0 bridgehead atoms. The highest BCUT2D eigenvalue weighted by molar-refractivity contribution is 7.90. The second-order valence-corrected chi connectivity index (χ2v) is 5.25. The van der Waals surface area contributed by atoms with Crippen molar-refractivity contribution in [3.05, 3.63) is 23.8 Å². The highest BCUT2D eigenvalue weighted by Gasteiger charge is 2.16. The van der Waals surface area contributed by atoms with E-state index in [-0.39, 0.29) is 10.6 Å². The van der Waals surface area contributed by atoms with Crippen LogP contribution in [0, 0.1) is 6.92 Å². The van der Waals surface area contributed by atoms with Crippen molar-refractivity contribution in [2.24, 2.45) is 4.40 Å². The van der Waals surface area contributed by atoms with Gasteiger partial charge in [-0.2, -0.15) is 8.42 Å². The fourth-order valence-corrected chi connectivity index (χ4v) is 2.21. The summed E-state index contributed by atoms with van der Waals surface area (Å²) in [4.78, 5) is 1.59. The van der Waals surface area contributed by atoms with Gasteiger partial charge in [0.05, 0.1) is 5.69 Å². The SMILES string of the molecule is Cc1cccc(S(=O)(=O)N=CN(C)C)c1N. The summed E-state index contributed by atoms with van der Waals surface area (Å²) in [5, 5.41) is 0. The maximum atomic E-state index is 11.8. The van der Waals surface area contributed by atoms with E-state index >= 15 is 0 Å². The number of aryl methyl sites for hydroxylation is 1. The van der Waals surface area contributed by atoms with Gasteiger partial charge < -0.3 is 10.6 Å². The number of nitrogens with two attached hydrogens (primary N) is 1. The van der Waals surface area contributed by atoms with Crippen LogP contribution in [0.15, 0.2) is 27.5 Å². The zero-order valence-electron chi connectivity index (χ0n) is 9.51. The Morgan fingerprint density at radius 1 is 1.38 bits per heavy atom. The summed E-state index contributed by atoms with van der Waals surface area (Å²) >= 11 is 0. The molecule has 0 fully saturated rings. The molecule has 0 amide bonds. The van der Waals surface area contributed by atoms with Crippen LogP contribution in [0.2, 0.25) is 0 Å². The molecule has 0 saturated carbocycles. The number of nitrogen functional groups attached to an aromatic ring is 1. The number of nitrogens with zero attached hydrogens (tertiary/aromatic N) is 2. The van der Waals surface area contributed by atoms with Gasteiger partial charge in [0, 0.05) is 14.1 Å². The Morgan fingerprint density at radius 3 is 2.56 bits per heavy atom. The van der Waals surface area contributed by atoms with E-state index in [9.17, 15) is 8.42 Å². The van der Waals surface area contributed by atoms with Gasteiger partial charge in [-0.05, 0) is 18.6 Å². The minimum absolute atomic E-state index is 0.0469. The van der Waals surface area contributed by atoms with Crippen molar-refractivity contribution in [2.75, 3.05) is 19.8 Å². The highest BCUT2D eigenvalue weighted by atomic mass is 32.2. The van der Waals surface area contributed by atoms with Gasteiger partial charge >= 0.3 is 0 Å². The highest BCUT2D eigenvalue weighted by Crippen LogP contribution is 2.23. The number of anilines is 1. The molecule has 1 rings (SSSR count). The van der Waals surface area contributed by atoms with E-state index in [2.05, 4.69) is 4.40 Å². The summed E-state index contributed by atoms with van der Waals surface area (Å²) < 4.78 is 27.1. The molecule has 0 radical (unpaired) electrons. The fraction of sp³-hybridized carbons (Fsp3) is 0.300. The first-order valence-corrected chi connectivity index (χ1v) is 6.10. The van der Waals surface area contributed by atoms with Crippen LogP contribution in [0.1, 0.15) is 5.56 Å². The van der Waals surface area contributed by atoms with Crippen LogP contribution < -0.4 is 5.73 Å². The van der Waals surface area contributed by atoms with Crippen LogP contribution in [0.4, 0.5) is 5.69 Å². The zero-order valence-corrected chi connectivity index (χ0v) is 10.3. The molecule has 0 spiro atoms. The van der Waals surface area contributed by atoms with Crippen LogP contribution in [-0.4, -0.2) is 33.8 Å². The molecule has 16 heavy (non-hydrogen) atoms. The van der Waals surface area contributed by atoms with Crippen LogP contribution in [0.25, 0.3) is 0 Å². The molecule has 6 heteroatoms. The molecule has 88 valence electrons. The number of hydrogen-bond acceptors (Lipinski definition) is 3. The molecule has 0 atom stereocenters. The van der Waals surface area contributed by atoms with Gasteiger partial charge in [-0.25, -0.2) is 0 Å². The average Bonchev–Trinajstić information content (AvgIpc) is 2.19. The zero-order chi connectivity index (χ0) is 12.3. The standard InChI is InChI=1S/C10H15N3O2S/c1-8-5-4-6-9(10(8)11)16(14,15)12-7-13(2)3/h4-7H,11H2,1-3H3. The molecule has 0 heterocycles. The molecule has 5 nitrogen and oxygen atoms in total. The van der Waals surface area contributed by atoms with Crippen LogP contribution in [-0.2, 0) is 10.0 Å². The van der Waals surface area contributed by atoms with Crippen molar-refractivity contribution in [3.63, 3.8) is 0 Å². The lowest BCUT2D eigenvalue weighted by molar-refractivity contribution is 0.595. The Hall–Kier alpha value is -1.56. The predicted molar refractivity (Wildman–Crippen MR) is 65.0 cm³/mol. The van der Waals surface area contributed by atoms with Gasteiger partial charge in [-0.3, -0.25) is 0 Å². The van der Waals surface area contributed by atoms with Crippen molar-refractivity contribution < 1.29 is 8.42 Å². The summed E-state index contributed by atoms with van der Waals surface area (Å²) in [6.45, 7) is 1.75. The molecule has 0 aliphatic carbocycles. The number of sulfonamides is 1. The van der Waals surface area contributed by atoms with Crippen molar-refractivity contribution in [1.29, 1.82) is 0 Å². The molecular formula is C10H15N3O2S. The van der Waals surface area contributed by atoms with Crippen LogP contribution >= 0.6 is 0 Å². The normalized spacial score (nSPS) is 11.9. The van der Waals surface area contributed by atoms with Crippen molar-refractivity contribution >= 4 is 22.0 Å². The maximum Gasteiger partial charge on any atom is 0.285 e. The molecule has 0 unspecified atom stereocenters. The average molecular weight is 241 g/mol. The first kappa shape index (κ1) is 12.5. The van der Waals surface area contributed by atoms with Crippen LogP contribution in [0.5, 0.6) is 0 Å². The monoisotopic (exact) mass is 241 g/mol. The molecule has 1 aromatic rings. The number of rotatable bonds is 3. The van der Waals surface area contributed by atoms with E-state index in [1.165, 1.54) is 12.4 Å². The smallest absolute Gasteiger partial charge is 0.285 e. The van der Waals surface area contributed by atoms with Crippen molar-refractivity contribution in [2.45, 2.75) is 11.8 Å². The third kappa shape index (κ3) is 2.73. The lowest BCUT2D eigenvalue weighted by Gasteiger charge is -2.07. The van der Waals surface area contributed by atoms with E-state index in [0.717, 1.165) is 5.56 Å². The third-order valence-electron chi connectivity index (χ3n) is 1.98. The van der Waals surface area contributed by atoms with Gasteiger partial charge in [0.25, 0.3) is 10.0 Å². The summed E-state index contributed by atoms with van der Waals surface area (Å²) in [6, 6.07) is 4.85. The first-order chi connectivity index (χ1) is 7.34. The summed E-state index contributed by atoms with van der Waals surface area (Å²) in [7, 11) is -0.320. The minimum Gasteiger partial charge on any atom is -0.397 e. The molecule has 1 aromatic carbocycles. The lowest BCUT2D eigenvalue weighted by Crippen LogP contribution is -2.11. The number of para-hydroxylation sites is 1. The van der Waals surface area contributed by atoms with E-state index in [1.807, 2.05) is 0 Å². The third-order valence-corrected chi connectivity index (χ3v) is 3.26. The Balaban J connectivity index is 3.23. The molecule has 0 aliphatic heterocycles. The van der Waals surface area contributed by atoms with Crippen LogP contribution in [0.3, 0.4) is 0 Å². The Morgan fingerprint density at radius 2 is 2.00 bits per heavy atom. The van der Waals surface area contributed by atoms with Gasteiger partial charge in [-0.1, -0.05) is 12.1 Å². The van der Waals surface area contributed by atoms with Crippen molar-refractivity contribution in [3.8, 4) is 0 Å². The summed E-state index contributed by atoms with van der Waals surface area (Å²) in [5.41, 5.74) is 6.68. The quantitative estimate of drug-likeness (QED) is 0.483. The molecular weight excluding hydrogens is 226 g/mol. The molecule has 0 saturated heterocycles. The Bertz CT molecular complexity index is 507. The molecule has 0 aliphatic rings. The molecule has 2 N–H and O–H groups in total. The Labute approximate surface area is 95.6 Å². The Kier molecular flexibility index (Phi) is 3.54. The number of hydrogen-bond donors (Lipinski definition) is 1. The van der Waals surface area contributed by atoms with Crippen molar-refractivity contribution in [1.82, 2.24) is 4.90 Å². The fourth-order valence-electron chi connectivity index (χ4n) is 1.09. The summed E-state index contributed by atoms with van der Waals surface area (Å²) in [5.74, 6) is 0. The van der Waals surface area contributed by atoms with Gasteiger partial charge in [0.2, 0.25) is 0 Å². The summed E-state index contributed by atoms with van der Waals surface area (Å²) in [6.07, 6.45) is 1.23. The van der Waals surface area contributed by atoms with E-state index in [0.29, 0.717) is 0 Å². The van der Waals surface area contributed by atoms with E-state index in [4.69, 9.17) is 5.73 Å². The second kappa shape index (κ2) is 4.52. The first-order valence-electron chi connectivity index (χ1n) is 4.66.